The molecule has 5 heterocycles. The van der Waals surface area contributed by atoms with Crippen LogP contribution in [0.5, 0.6) is 23.0 Å². The van der Waals surface area contributed by atoms with E-state index in [-0.39, 0.29) is 34.4 Å². The van der Waals surface area contributed by atoms with E-state index in [2.05, 4.69) is 85.0 Å². The summed E-state index contributed by atoms with van der Waals surface area (Å²) in [7, 11) is -4.59. The van der Waals surface area contributed by atoms with Crippen LogP contribution >= 0.6 is 0 Å². The maximum atomic E-state index is 14.1. The Morgan fingerprint density at radius 1 is 0.947 bits per heavy atom. The van der Waals surface area contributed by atoms with E-state index in [1.54, 1.807) is 30.6 Å². The zero-order valence-corrected chi connectivity index (χ0v) is 44.3. The molecule has 4 aromatic carbocycles. The number of piperazine rings is 1. The molecule has 18 heteroatoms. The van der Waals surface area contributed by atoms with Crippen LogP contribution < -0.4 is 29.1 Å². The minimum absolute atomic E-state index is 0.0322. The van der Waals surface area contributed by atoms with Crippen molar-refractivity contribution in [3.05, 3.63) is 136 Å². The molecule has 2 aromatic heterocycles. The molecule has 0 radical (unpaired) electrons. The molecule has 1 amide bonds. The summed E-state index contributed by atoms with van der Waals surface area (Å²) in [5, 5.41) is 26.5. The third kappa shape index (κ3) is 10.8. The van der Waals surface area contributed by atoms with Crippen LogP contribution in [-0.4, -0.2) is 108 Å². The average Bonchev–Trinajstić information content (AvgIpc) is 3.92. The lowest BCUT2D eigenvalue weighted by molar-refractivity contribution is -0.384. The molecule has 2 aliphatic carbocycles. The number of hydrogen-bond donors (Lipinski definition) is 4. The number of para-hydroxylation sites is 1. The Morgan fingerprint density at radius 2 is 1.74 bits per heavy atom. The van der Waals surface area contributed by atoms with Crippen molar-refractivity contribution in [2.75, 3.05) is 62.7 Å². The molecule has 76 heavy (non-hydrogen) atoms. The summed E-state index contributed by atoms with van der Waals surface area (Å²) in [4.78, 5) is 40.5. The van der Waals surface area contributed by atoms with Gasteiger partial charge in [0.1, 0.15) is 36.0 Å². The van der Waals surface area contributed by atoms with Gasteiger partial charge in [0.15, 0.2) is 11.5 Å². The topological polar surface area (TPSA) is 205 Å². The zero-order valence-electron chi connectivity index (χ0n) is 43.5. The first kappa shape index (κ1) is 51.4. The largest absolute Gasteiger partial charge is 0.486 e. The monoisotopic (exact) mass is 1050 g/mol. The number of piperidine rings is 1. The molecule has 2 saturated carbocycles. The van der Waals surface area contributed by atoms with Gasteiger partial charge in [0.25, 0.3) is 21.6 Å². The summed E-state index contributed by atoms with van der Waals surface area (Å²) in [6.07, 6.45) is 10.4. The Hall–Kier alpha value is -6.73. The minimum atomic E-state index is -4.59. The fourth-order valence-electron chi connectivity index (χ4n) is 12.4. The lowest BCUT2D eigenvalue weighted by Gasteiger charge is -2.58. The van der Waals surface area contributed by atoms with Gasteiger partial charge in [-0.1, -0.05) is 50.2 Å². The predicted molar refractivity (Wildman–Crippen MR) is 291 cm³/mol. The second kappa shape index (κ2) is 21.0. The number of nitro groups is 1. The molecular formula is C58H68N8O9S. The Labute approximate surface area is 444 Å². The molecule has 400 valence electrons. The van der Waals surface area contributed by atoms with Crippen molar-refractivity contribution in [3.8, 4) is 23.0 Å². The number of anilines is 2. The fraction of sp³-hybridized carbons (Fsp3) is 0.448. The molecule has 3 aliphatic heterocycles. The summed E-state index contributed by atoms with van der Waals surface area (Å²) in [6, 6.07) is 28.3. The van der Waals surface area contributed by atoms with E-state index in [9.17, 15) is 28.4 Å². The Bertz CT molecular complexity index is 3230. The number of hydrogen-bond acceptors (Lipinski definition) is 14. The number of fused-ring (bicyclic) bond motifs is 2. The second-order valence-electron chi connectivity index (χ2n) is 22.3. The number of nitrogens with one attached hydrogen (secondary N) is 3. The Kier molecular flexibility index (Phi) is 14.2. The number of aromatic nitrogens is 2. The van der Waals surface area contributed by atoms with Gasteiger partial charge in [-0.25, -0.2) is 18.1 Å². The number of aromatic amines is 1. The molecule has 0 unspecified atom stereocenters. The van der Waals surface area contributed by atoms with Crippen molar-refractivity contribution in [1.29, 1.82) is 0 Å². The summed E-state index contributed by atoms with van der Waals surface area (Å²) in [5.74, 6) is 1.84. The molecule has 11 rings (SSSR count). The number of sulfonamides is 1. The lowest BCUT2D eigenvalue weighted by atomic mass is 9.59. The van der Waals surface area contributed by atoms with Crippen molar-refractivity contribution >= 4 is 44.0 Å². The maximum Gasteiger partial charge on any atom is 0.293 e. The van der Waals surface area contributed by atoms with E-state index in [4.69, 9.17) is 14.2 Å². The lowest BCUT2D eigenvalue weighted by Crippen LogP contribution is -2.60. The van der Waals surface area contributed by atoms with Gasteiger partial charge in [-0.3, -0.25) is 24.7 Å². The van der Waals surface area contributed by atoms with Crippen LogP contribution in [0.1, 0.15) is 111 Å². The van der Waals surface area contributed by atoms with Crippen LogP contribution in [0, 0.1) is 21.4 Å². The van der Waals surface area contributed by atoms with Crippen LogP contribution in [0.25, 0.3) is 11.0 Å². The highest BCUT2D eigenvalue weighted by molar-refractivity contribution is 7.90. The second-order valence-corrected chi connectivity index (χ2v) is 24.0. The van der Waals surface area contributed by atoms with Crippen LogP contribution in [0.15, 0.2) is 108 Å². The number of benzene rings is 4. The molecule has 4 fully saturated rings. The number of amides is 1. The van der Waals surface area contributed by atoms with Crippen molar-refractivity contribution in [2.45, 2.75) is 107 Å². The van der Waals surface area contributed by atoms with E-state index in [0.29, 0.717) is 56.0 Å². The summed E-state index contributed by atoms with van der Waals surface area (Å²) >= 11 is 0. The first-order valence-corrected chi connectivity index (χ1v) is 28.3. The van der Waals surface area contributed by atoms with Gasteiger partial charge < -0.3 is 34.5 Å². The first-order chi connectivity index (χ1) is 36.6. The predicted octanol–water partition coefficient (Wildman–Crippen LogP) is 9.94. The Morgan fingerprint density at radius 3 is 2.53 bits per heavy atom. The molecule has 17 nitrogen and oxygen atoms in total. The molecular weight excluding hydrogens is 985 g/mol. The number of nitrogens with zero attached hydrogens (tertiary/aromatic N) is 5. The average molecular weight is 1050 g/mol. The third-order valence-electron chi connectivity index (χ3n) is 16.8. The number of rotatable bonds is 15. The third-order valence-corrected chi connectivity index (χ3v) is 18.1. The van der Waals surface area contributed by atoms with Gasteiger partial charge in [-0.2, -0.15) is 0 Å². The number of pyridine rings is 1. The van der Waals surface area contributed by atoms with Crippen LogP contribution in [-0.2, 0) is 16.6 Å². The van der Waals surface area contributed by atoms with Gasteiger partial charge in [0.05, 0.1) is 27.2 Å². The molecule has 0 bridgehead atoms. The molecule has 1 atom stereocenters. The van der Waals surface area contributed by atoms with E-state index < -0.39 is 37.0 Å². The van der Waals surface area contributed by atoms with E-state index in [1.807, 2.05) is 25.1 Å². The van der Waals surface area contributed by atoms with Crippen molar-refractivity contribution in [1.82, 2.24) is 24.5 Å². The maximum absolute atomic E-state index is 14.1. The highest BCUT2D eigenvalue weighted by Gasteiger charge is 2.50. The highest BCUT2D eigenvalue weighted by Crippen LogP contribution is 2.54. The number of H-pyrrole nitrogens is 1. The smallest absolute Gasteiger partial charge is 0.293 e. The number of nitro benzene ring substituents is 1. The SMILES string of the molecule is CC(C)c1ccccc1[C@@H]1CN(Cc2cccc3c2OCCO3)CCN1C1CC2(CCN(c3ccc(C(=O)NS(=O)(=O)c4ccc(NC[C@H]5CC[C@](C)(O)CC5)c([N+](=O)[O-])c4)c(Oc4cnc5[nH]ccc5c4)c3)CC2)C1. The van der Waals surface area contributed by atoms with E-state index in [1.165, 1.54) is 28.8 Å². The molecule has 2 saturated heterocycles. The molecule has 1 spiro atoms. The van der Waals surface area contributed by atoms with E-state index >= 15 is 0 Å². The van der Waals surface area contributed by atoms with Crippen molar-refractivity contribution < 1.29 is 37.5 Å². The molecule has 6 aromatic rings. The van der Waals surface area contributed by atoms with Crippen LogP contribution in [0.4, 0.5) is 17.1 Å². The van der Waals surface area contributed by atoms with Crippen molar-refractivity contribution in [2.24, 2.45) is 11.3 Å². The number of carbonyl (C=O) groups is 1. The number of aliphatic hydroxyl groups is 1. The van der Waals surface area contributed by atoms with Gasteiger partial charge in [0.2, 0.25) is 0 Å². The van der Waals surface area contributed by atoms with Gasteiger partial charge in [0, 0.05) is 92.9 Å². The van der Waals surface area contributed by atoms with Crippen molar-refractivity contribution in [3.63, 3.8) is 0 Å². The van der Waals surface area contributed by atoms with Gasteiger partial charge in [-0.15, -0.1) is 0 Å². The number of ether oxygens (including phenoxy) is 3. The molecule has 5 aliphatic rings. The quantitative estimate of drug-likeness (QED) is 0.0558. The summed E-state index contributed by atoms with van der Waals surface area (Å²) < 4.78 is 48.4. The van der Waals surface area contributed by atoms with Gasteiger partial charge >= 0.3 is 0 Å². The standard InChI is InChI=1S/C58H68N8O9S/c1-38(2)46-8-4-5-9-47(46)51-37-63(36-41-7-6-10-52-54(41)74-28-27-73-52)25-26-65(51)43-32-58(33-43)20-23-64(24-21-58)42-11-13-48(53(30-42)75-44-29-40-17-22-59-55(40)61-35-44)56(67)62-76(71,72)45-12-14-49(50(31-45)66(69)70)60-34-39-15-18-57(3,68)19-16-39/h4-14,17,22,29-31,35,38-39,43,51,60,68H,15-16,18-21,23-28,32-34,36-37H2,1-3H3,(H,59,61)(H,62,67)/t39-,51-,57-/m0/s1. The number of carbonyl (C=O) groups excluding carboxylic acids is 1. The zero-order chi connectivity index (χ0) is 52.8. The summed E-state index contributed by atoms with van der Waals surface area (Å²) in [5.41, 5.74) is 4.69. The normalized spacial score (nSPS) is 22.1. The minimum Gasteiger partial charge on any atom is -0.486 e. The molecule has 4 N–H and O–H groups in total. The Balaban J connectivity index is 0.780. The van der Waals surface area contributed by atoms with Crippen LogP contribution in [0.3, 0.4) is 0 Å². The van der Waals surface area contributed by atoms with E-state index in [0.717, 1.165) is 106 Å². The van der Waals surface area contributed by atoms with Crippen LogP contribution in [0.2, 0.25) is 0 Å². The first-order valence-electron chi connectivity index (χ1n) is 26.9. The fourth-order valence-corrected chi connectivity index (χ4v) is 13.4. The highest BCUT2D eigenvalue weighted by atomic mass is 32.2. The van der Waals surface area contributed by atoms with Gasteiger partial charge in [-0.05, 0) is 129 Å². The summed E-state index contributed by atoms with van der Waals surface area (Å²) in [6.45, 7) is 13.2.